The molecule has 1 aliphatic heterocycles. The molecule has 0 aromatic heterocycles. The molecule has 2 rings (SSSR count). The van der Waals surface area contributed by atoms with Gasteiger partial charge in [-0.1, -0.05) is 63.3 Å². The maximum atomic E-state index is 12.4. The second-order valence-electron chi connectivity index (χ2n) is 7.11. The van der Waals surface area contributed by atoms with Crippen LogP contribution >= 0.6 is 0 Å². The number of hydrogen-bond donors (Lipinski definition) is 1. The lowest BCUT2D eigenvalue weighted by Gasteiger charge is -2.20. The van der Waals surface area contributed by atoms with E-state index in [0.29, 0.717) is 18.5 Å². The fourth-order valence-corrected chi connectivity index (χ4v) is 3.60. The van der Waals surface area contributed by atoms with E-state index >= 15 is 0 Å². The second-order valence-corrected chi connectivity index (χ2v) is 7.11. The topological polar surface area (TPSA) is 57.6 Å². The van der Waals surface area contributed by atoms with Gasteiger partial charge in [0.2, 0.25) is 0 Å². The summed E-state index contributed by atoms with van der Waals surface area (Å²) in [6.07, 6.45) is 9.81. The zero-order chi connectivity index (χ0) is 18.1. The number of unbranched alkanes of at least 4 members (excludes halogenated alkanes) is 5. The number of amides is 1. The molecule has 138 valence electrons. The largest absolute Gasteiger partial charge is 0.465 e. The van der Waals surface area contributed by atoms with Gasteiger partial charge in [-0.3, -0.25) is 4.79 Å². The summed E-state index contributed by atoms with van der Waals surface area (Å²) in [5.41, 5.74) is 1.98. The van der Waals surface area contributed by atoms with E-state index in [2.05, 4.69) is 6.92 Å². The van der Waals surface area contributed by atoms with Gasteiger partial charge in [-0.2, -0.15) is 0 Å². The Morgan fingerprint density at radius 3 is 2.44 bits per heavy atom. The van der Waals surface area contributed by atoms with Crippen molar-refractivity contribution in [2.75, 3.05) is 6.54 Å². The van der Waals surface area contributed by atoms with Crippen LogP contribution in [0.2, 0.25) is 0 Å². The molecule has 1 aliphatic rings. The molecule has 0 aliphatic carbocycles. The fraction of sp³-hybridized carbons (Fsp3) is 0.619. The molecule has 1 aromatic carbocycles. The van der Waals surface area contributed by atoms with Crippen molar-refractivity contribution in [3.05, 3.63) is 35.4 Å². The molecule has 1 heterocycles. The minimum Gasteiger partial charge on any atom is -0.465 e. The van der Waals surface area contributed by atoms with Gasteiger partial charge in [0.05, 0.1) is 0 Å². The molecule has 1 aromatic rings. The Bertz CT molecular complexity index is 553. The maximum Gasteiger partial charge on any atom is 0.407 e. The number of rotatable bonds is 10. The normalized spacial score (nSPS) is 17.0. The van der Waals surface area contributed by atoms with Gasteiger partial charge >= 0.3 is 6.09 Å². The summed E-state index contributed by atoms with van der Waals surface area (Å²) < 4.78 is 0. The lowest BCUT2D eigenvalue weighted by atomic mass is 9.99. The van der Waals surface area contributed by atoms with Crippen molar-refractivity contribution in [2.24, 2.45) is 0 Å². The maximum absolute atomic E-state index is 12.4. The van der Waals surface area contributed by atoms with E-state index < -0.39 is 6.09 Å². The van der Waals surface area contributed by atoms with Crippen LogP contribution in [0.25, 0.3) is 0 Å². The van der Waals surface area contributed by atoms with Crippen molar-refractivity contribution in [3.63, 3.8) is 0 Å². The van der Waals surface area contributed by atoms with Gasteiger partial charge in [0.25, 0.3) is 0 Å². The summed E-state index contributed by atoms with van der Waals surface area (Å²) in [6, 6.07) is 7.72. The minimum absolute atomic E-state index is 0.0456. The lowest BCUT2D eigenvalue weighted by molar-refractivity contribution is 0.0934. The number of hydrogen-bond acceptors (Lipinski definition) is 2. The van der Waals surface area contributed by atoms with Crippen molar-refractivity contribution in [3.8, 4) is 0 Å². The van der Waals surface area contributed by atoms with Crippen LogP contribution in [0.5, 0.6) is 0 Å². The van der Waals surface area contributed by atoms with Crippen molar-refractivity contribution >= 4 is 11.9 Å². The second kappa shape index (κ2) is 10.2. The number of ketones is 1. The average molecular weight is 345 g/mol. The molecule has 4 heteroatoms. The summed E-state index contributed by atoms with van der Waals surface area (Å²) >= 11 is 0. The van der Waals surface area contributed by atoms with Gasteiger partial charge in [-0.05, 0) is 31.2 Å². The van der Waals surface area contributed by atoms with E-state index in [1.54, 1.807) is 0 Å². The molecule has 1 fully saturated rings. The van der Waals surface area contributed by atoms with Crippen LogP contribution in [-0.4, -0.2) is 34.5 Å². The SMILES string of the molecule is CCCCCCCCc1ccc(C(=O)C[C@@H]2CCCN2C(=O)O)cc1. The third-order valence-electron chi connectivity index (χ3n) is 5.14. The fourth-order valence-electron chi connectivity index (χ4n) is 3.60. The quantitative estimate of drug-likeness (QED) is 0.462. The van der Waals surface area contributed by atoms with Crippen molar-refractivity contribution < 1.29 is 14.7 Å². The summed E-state index contributed by atoms with van der Waals surface area (Å²) in [7, 11) is 0. The number of aryl methyl sites for hydroxylation is 1. The Kier molecular flexibility index (Phi) is 7.96. The number of carboxylic acid groups (broad SMARTS) is 1. The van der Waals surface area contributed by atoms with E-state index in [-0.39, 0.29) is 11.8 Å². The van der Waals surface area contributed by atoms with Crippen molar-refractivity contribution in [2.45, 2.75) is 77.2 Å². The van der Waals surface area contributed by atoms with Crippen LogP contribution in [-0.2, 0) is 6.42 Å². The average Bonchev–Trinajstić information content (AvgIpc) is 3.07. The first-order valence-corrected chi connectivity index (χ1v) is 9.73. The Morgan fingerprint density at radius 2 is 1.76 bits per heavy atom. The molecule has 4 nitrogen and oxygen atoms in total. The zero-order valence-corrected chi connectivity index (χ0v) is 15.4. The monoisotopic (exact) mass is 345 g/mol. The predicted octanol–water partition coefficient (Wildman–Crippen LogP) is 5.30. The van der Waals surface area contributed by atoms with Crippen molar-refractivity contribution in [1.82, 2.24) is 4.90 Å². The number of likely N-dealkylation sites (tertiary alicyclic amines) is 1. The minimum atomic E-state index is -0.912. The van der Waals surface area contributed by atoms with Gasteiger partial charge in [-0.15, -0.1) is 0 Å². The molecule has 0 radical (unpaired) electrons. The van der Waals surface area contributed by atoms with Crippen LogP contribution in [0.15, 0.2) is 24.3 Å². The number of benzene rings is 1. The molecule has 1 amide bonds. The van der Waals surface area contributed by atoms with Gasteiger partial charge < -0.3 is 10.0 Å². The van der Waals surface area contributed by atoms with Crippen LogP contribution in [0.3, 0.4) is 0 Å². The first-order valence-electron chi connectivity index (χ1n) is 9.73. The van der Waals surface area contributed by atoms with Crippen LogP contribution in [0, 0.1) is 0 Å². The van der Waals surface area contributed by atoms with E-state index in [0.717, 1.165) is 19.3 Å². The molecule has 0 saturated carbocycles. The third kappa shape index (κ3) is 6.18. The highest BCUT2D eigenvalue weighted by atomic mass is 16.4. The lowest BCUT2D eigenvalue weighted by Crippen LogP contribution is -2.35. The number of carbonyl (C=O) groups excluding carboxylic acids is 1. The Balaban J connectivity index is 1.77. The molecule has 1 N–H and O–H groups in total. The number of nitrogens with zero attached hydrogens (tertiary/aromatic N) is 1. The summed E-state index contributed by atoms with van der Waals surface area (Å²) in [6.45, 7) is 2.78. The molecule has 0 unspecified atom stereocenters. The summed E-state index contributed by atoms with van der Waals surface area (Å²) in [5.74, 6) is 0.0456. The van der Waals surface area contributed by atoms with E-state index in [4.69, 9.17) is 5.11 Å². The predicted molar refractivity (Wildman–Crippen MR) is 100 cm³/mol. The third-order valence-corrected chi connectivity index (χ3v) is 5.14. The Labute approximate surface area is 151 Å². The molecule has 1 saturated heterocycles. The first-order chi connectivity index (χ1) is 12.1. The molecule has 25 heavy (non-hydrogen) atoms. The van der Waals surface area contributed by atoms with Gasteiger partial charge in [0, 0.05) is 24.6 Å². The van der Waals surface area contributed by atoms with E-state index in [1.807, 2.05) is 24.3 Å². The summed E-state index contributed by atoms with van der Waals surface area (Å²) in [5, 5.41) is 9.17. The summed E-state index contributed by atoms with van der Waals surface area (Å²) in [4.78, 5) is 25.0. The van der Waals surface area contributed by atoms with Crippen LogP contribution < -0.4 is 0 Å². The Morgan fingerprint density at radius 1 is 1.08 bits per heavy atom. The van der Waals surface area contributed by atoms with Crippen LogP contribution in [0.4, 0.5) is 4.79 Å². The van der Waals surface area contributed by atoms with Crippen molar-refractivity contribution in [1.29, 1.82) is 0 Å². The zero-order valence-electron chi connectivity index (χ0n) is 15.4. The molecular weight excluding hydrogens is 314 g/mol. The molecule has 0 bridgehead atoms. The van der Waals surface area contributed by atoms with Crippen LogP contribution in [0.1, 0.15) is 80.6 Å². The molecule has 0 spiro atoms. The van der Waals surface area contributed by atoms with E-state index in [1.165, 1.54) is 49.0 Å². The highest BCUT2D eigenvalue weighted by molar-refractivity contribution is 5.96. The van der Waals surface area contributed by atoms with Gasteiger partial charge in [0.1, 0.15) is 0 Å². The number of Topliss-reactive ketones (excluding diaryl/α,β-unsaturated/α-hetero) is 1. The van der Waals surface area contributed by atoms with Gasteiger partial charge in [-0.25, -0.2) is 4.79 Å². The number of carbonyl (C=O) groups is 2. The Hall–Kier alpha value is -1.84. The standard InChI is InChI=1S/C21H31NO3/c1-2-3-4-5-6-7-9-17-11-13-18(14-12-17)20(23)16-19-10-8-15-22(19)21(24)25/h11-14,19H,2-10,15-16H2,1H3,(H,24,25)/t19-/m0/s1. The molecular formula is C21H31NO3. The van der Waals surface area contributed by atoms with Gasteiger partial charge in [0.15, 0.2) is 5.78 Å². The highest BCUT2D eigenvalue weighted by Crippen LogP contribution is 2.22. The molecule has 1 atom stereocenters. The van der Waals surface area contributed by atoms with E-state index in [9.17, 15) is 9.59 Å². The highest BCUT2D eigenvalue weighted by Gasteiger charge is 2.30. The first kappa shape index (κ1) is 19.5. The smallest absolute Gasteiger partial charge is 0.407 e.